The Morgan fingerprint density at radius 2 is 0.565 bits per heavy atom. The largest absolute Gasteiger partial charge is 0.494 e. The van der Waals surface area contributed by atoms with Gasteiger partial charge in [-0.2, -0.15) is 0 Å². The molecular formula is C98H70BBrN6O2. The maximum atomic E-state index is 6.19. The molecule has 108 heavy (non-hydrogen) atoms. The highest BCUT2D eigenvalue weighted by atomic mass is 79.9. The second-order valence-electron chi connectivity index (χ2n) is 28.8. The summed E-state index contributed by atoms with van der Waals surface area (Å²) in [5.74, 6) is 1.86. The van der Waals surface area contributed by atoms with Crippen molar-refractivity contribution >= 4 is 137 Å². The first-order valence-corrected chi connectivity index (χ1v) is 37.5. The minimum absolute atomic E-state index is 0.350. The van der Waals surface area contributed by atoms with E-state index >= 15 is 0 Å². The minimum atomic E-state index is -0.364. The summed E-state index contributed by atoms with van der Waals surface area (Å²) in [6.07, 6.45) is 0. The number of nitrogens with zero attached hydrogens (tertiary/aromatic N) is 6. The van der Waals surface area contributed by atoms with Crippen LogP contribution in [0.2, 0.25) is 0 Å². The van der Waals surface area contributed by atoms with Crippen molar-refractivity contribution in [3.63, 3.8) is 0 Å². The molecule has 0 N–H and O–H groups in total. The average molecular weight is 1450 g/mol. The zero-order valence-electron chi connectivity index (χ0n) is 59.9. The number of aromatic nitrogens is 6. The average Bonchev–Trinajstić information content (AvgIpc) is 1.19. The third-order valence-electron chi connectivity index (χ3n) is 21.8. The van der Waals surface area contributed by atoms with Crippen molar-refractivity contribution < 1.29 is 9.31 Å². The van der Waals surface area contributed by atoms with Crippen LogP contribution in [0.4, 0.5) is 0 Å². The Morgan fingerprint density at radius 1 is 0.269 bits per heavy atom. The highest BCUT2D eigenvalue weighted by Gasteiger charge is 2.51. The standard InChI is InChI=1S/C46H29N3.C27H16BrN.C25H25BN2O2/c1-2-12-36(13-3-1)49-42-17-9-8-16-41(42)47-46(49)35-24-20-31(21-25-35)30-18-22-34(23-19-30)43-39-28-26-32-10-4-6-14-37(32)44(39)48-45-38-15-7-5-11-33(38)27-29-40(43)45;28-20-13-9-19(10-14-20)25-23-15-11-17-5-1-3-7-21(17)26(23)29-27-22-8-4-2-6-18(22)12-16-24(25)27;1-24(2)25(3,4)30-26(29-24)19-16-14-18(15-17-19)23-27-21-12-8-9-13-22(21)28(23)20-10-6-5-7-11-20/h1-29H;1-16H;5-17H,1-4H3. The van der Waals surface area contributed by atoms with Crippen molar-refractivity contribution in [2.24, 2.45) is 0 Å². The molecule has 1 aliphatic rings. The Balaban J connectivity index is 0.000000117. The number of rotatable bonds is 8. The summed E-state index contributed by atoms with van der Waals surface area (Å²) in [7, 11) is -0.364. The maximum Gasteiger partial charge on any atom is 0.494 e. The Hall–Kier alpha value is -12.7. The summed E-state index contributed by atoms with van der Waals surface area (Å²) >= 11 is 3.57. The molecule has 0 radical (unpaired) electrons. The number of hydrogen-bond acceptors (Lipinski definition) is 6. The van der Waals surface area contributed by atoms with Crippen LogP contribution in [0.5, 0.6) is 0 Å². The van der Waals surface area contributed by atoms with Crippen LogP contribution in [0.25, 0.3) is 176 Å². The van der Waals surface area contributed by atoms with Crippen LogP contribution in [0.15, 0.2) is 356 Å². The molecule has 1 saturated heterocycles. The number of imidazole rings is 2. The predicted molar refractivity (Wildman–Crippen MR) is 455 cm³/mol. The van der Waals surface area contributed by atoms with E-state index in [1.807, 2.05) is 24.3 Å². The van der Waals surface area contributed by atoms with Crippen LogP contribution in [-0.4, -0.2) is 47.4 Å². The molecule has 5 heterocycles. The molecule has 10 heteroatoms. The Kier molecular flexibility index (Phi) is 16.5. The molecule has 0 bridgehead atoms. The number of para-hydroxylation sites is 6. The molecule has 8 nitrogen and oxygen atoms in total. The van der Waals surface area contributed by atoms with Gasteiger partial charge in [-0.1, -0.05) is 307 Å². The topological polar surface area (TPSA) is 79.9 Å². The molecule has 4 aromatic heterocycles. The van der Waals surface area contributed by atoms with Gasteiger partial charge in [0, 0.05) is 81.2 Å². The van der Waals surface area contributed by atoms with Gasteiger partial charge in [0.2, 0.25) is 0 Å². The second-order valence-corrected chi connectivity index (χ2v) is 29.7. The highest BCUT2D eigenvalue weighted by molar-refractivity contribution is 9.10. The summed E-state index contributed by atoms with van der Waals surface area (Å²) in [4.78, 5) is 20.6. The van der Waals surface area contributed by atoms with Crippen LogP contribution in [-0.2, 0) is 9.31 Å². The molecule has 1 aliphatic heterocycles. The van der Waals surface area contributed by atoms with Crippen molar-refractivity contribution in [1.82, 2.24) is 29.1 Å². The van der Waals surface area contributed by atoms with E-state index in [-0.39, 0.29) is 18.3 Å². The Bertz CT molecular complexity index is 6660. The smallest absolute Gasteiger partial charge is 0.399 e. The van der Waals surface area contributed by atoms with Gasteiger partial charge in [-0.3, -0.25) is 9.13 Å². The van der Waals surface area contributed by atoms with Gasteiger partial charge in [0.15, 0.2) is 0 Å². The van der Waals surface area contributed by atoms with E-state index in [1.54, 1.807) is 0 Å². The Morgan fingerprint density at radius 3 is 0.935 bits per heavy atom. The molecule has 20 aromatic rings. The molecule has 0 aliphatic carbocycles. The molecule has 0 amide bonds. The lowest BCUT2D eigenvalue weighted by Crippen LogP contribution is -2.41. The third kappa shape index (κ3) is 11.7. The SMILES string of the molecule is Brc1ccc(-c2c3ccc4ccccc4c3nc3c2ccc2ccccc23)cc1.CC1(C)OB(c2ccc(-c3nc4ccccc4n3-c3ccccc3)cc2)OC1(C)C.c1ccc(-n2c(-c3ccc(-c4ccc(-c5c6ccc7ccccc7c6nc6c5ccc5ccccc56)cc4)cc3)nc3ccccc32)cc1. The first-order valence-electron chi connectivity index (χ1n) is 36.7. The van der Waals surface area contributed by atoms with Gasteiger partial charge < -0.3 is 9.31 Å². The molecule has 0 unspecified atom stereocenters. The quantitative estimate of drug-likeness (QED) is 0.0857. The van der Waals surface area contributed by atoms with E-state index in [4.69, 9.17) is 29.2 Å². The molecule has 514 valence electrons. The fraction of sp³-hybridized carbons (Fsp3) is 0.0612. The van der Waals surface area contributed by atoms with Gasteiger partial charge in [0.05, 0.1) is 55.3 Å². The zero-order valence-corrected chi connectivity index (χ0v) is 61.5. The first-order chi connectivity index (χ1) is 52.9. The summed E-state index contributed by atoms with van der Waals surface area (Å²) in [6, 6.07) is 124. The third-order valence-corrected chi connectivity index (χ3v) is 22.3. The summed E-state index contributed by atoms with van der Waals surface area (Å²) in [5, 5.41) is 14.3. The van der Waals surface area contributed by atoms with E-state index < -0.39 is 0 Å². The fourth-order valence-corrected chi connectivity index (χ4v) is 15.9. The minimum Gasteiger partial charge on any atom is -0.399 e. The Labute approximate surface area is 634 Å². The number of benzene rings is 16. The van der Waals surface area contributed by atoms with Crippen molar-refractivity contribution in [3.05, 3.63) is 356 Å². The van der Waals surface area contributed by atoms with Crippen molar-refractivity contribution in [3.8, 4) is 67.5 Å². The number of hydrogen-bond donors (Lipinski definition) is 0. The normalized spacial score (nSPS) is 13.3. The number of pyridine rings is 2. The van der Waals surface area contributed by atoms with Crippen molar-refractivity contribution in [2.75, 3.05) is 0 Å². The summed E-state index contributed by atoms with van der Waals surface area (Å²) in [6.45, 7) is 8.29. The van der Waals surface area contributed by atoms with E-state index in [1.165, 1.54) is 98.0 Å². The van der Waals surface area contributed by atoms with Crippen molar-refractivity contribution in [2.45, 2.75) is 38.9 Å². The summed E-state index contributed by atoms with van der Waals surface area (Å²) < 4.78 is 17.9. The van der Waals surface area contributed by atoms with Crippen LogP contribution in [0.1, 0.15) is 27.7 Å². The lowest BCUT2D eigenvalue weighted by molar-refractivity contribution is 0.00578. The van der Waals surface area contributed by atoms with Crippen LogP contribution < -0.4 is 5.46 Å². The lowest BCUT2D eigenvalue weighted by atomic mass is 9.79. The van der Waals surface area contributed by atoms with E-state index in [2.05, 4.69) is 380 Å². The van der Waals surface area contributed by atoms with E-state index in [9.17, 15) is 0 Å². The van der Waals surface area contributed by atoms with E-state index in [0.29, 0.717) is 0 Å². The van der Waals surface area contributed by atoms with Gasteiger partial charge in [0.25, 0.3) is 0 Å². The molecular weight excluding hydrogens is 1380 g/mol. The second kappa shape index (κ2) is 27.0. The summed E-state index contributed by atoms with van der Waals surface area (Å²) in [5.41, 5.74) is 20.2. The maximum absolute atomic E-state index is 6.19. The van der Waals surface area contributed by atoms with E-state index in [0.717, 1.165) is 88.2 Å². The number of halogens is 1. The van der Waals surface area contributed by atoms with Crippen LogP contribution >= 0.6 is 15.9 Å². The molecule has 1 fully saturated rings. The van der Waals surface area contributed by atoms with Crippen LogP contribution in [0.3, 0.4) is 0 Å². The zero-order chi connectivity index (χ0) is 72.6. The first kappa shape index (κ1) is 66.0. The van der Waals surface area contributed by atoms with Gasteiger partial charge >= 0.3 is 7.12 Å². The monoisotopic (exact) mass is 1450 g/mol. The molecule has 21 rings (SSSR count). The molecule has 0 spiro atoms. The lowest BCUT2D eigenvalue weighted by Gasteiger charge is -2.32. The van der Waals surface area contributed by atoms with Gasteiger partial charge in [0.1, 0.15) is 11.6 Å². The number of fused-ring (bicyclic) bond motifs is 14. The predicted octanol–water partition coefficient (Wildman–Crippen LogP) is 25.1. The highest BCUT2D eigenvalue weighted by Crippen LogP contribution is 2.44. The van der Waals surface area contributed by atoms with Crippen LogP contribution in [0, 0.1) is 0 Å². The molecule has 0 saturated carbocycles. The fourth-order valence-electron chi connectivity index (χ4n) is 15.6. The van der Waals surface area contributed by atoms with Gasteiger partial charge in [-0.25, -0.2) is 19.9 Å². The van der Waals surface area contributed by atoms with Gasteiger partial charge in [-0.05, 0) is 138 Å². The van der Waals surface area contributed by atoms with Gasteiger partial charge in [-0.15, -0.1) is 0 Å². The molecule has 16 aromatic carbocycles. The molecule has 0 atom stereocenters. The van der Waals surface area contributed by atoms with Crippen molar-refractivity contribution in [1.29, 1.82) is 0 Å².